The molecule has 0 bridgehead atoms. The zero-order valence-electron chi connectivity index (χ0n) is 21.3. The molecular formula is C29H46O3. The van der Waals surface area contributed by atoms with E-state index in [4.69, 9.17) is 0 Å². The quantitative estimate of drug-likeness (QED) is 0.437. The third-order valence-corrected chi connectivity index (χ3v) is 12.6. The number of carbonyl (C=O) groups is 1. The van der Waals surface area contributed by atoms with Crippen LogP contribution in [0.1, 0.15) is 106 Å². The Morgan fingerprint density at radius 1 is 0.969 bits per heavy atom. The van der Waals surface area contributed by atoms with Gasteiger partial charge in [0.05, 0.1) is 11.5 Å². The van der Waals surface area contributed by atoms with Crippen LogP contribution in [0.4, 0.5) is 0 Å². The molecule has 5 rings (SSSR count). The first-order valence-corrected chi connectivity index (χ1v) is 13.4. The molecule has 0 spiro atoms. The molecule has 5 aliphatic carbocycles. The van der Waals surface area contributed by atoms with Crippen LogP contribution in [0.25, 0.3) is 0 Å². The fourth-order valence-electron chi connectivity index (χ4n) is 10.2. The molecule has 0 aromatic heterocycles. The van der Waals surface area contributed by atoms with Crippen molar-refractivity contribution in [2.45, 2.75) is 112 Å². The number of aliphatic hydroxyl groups excluding tert-OH is 1. The number of allylic oxidation sites excluding steroid dienone is 2. The maximum Gasteiger partial charge on any atom is 0.310 e. The molecule has 0 aromatic carbocycles. The molecule has 32 heavy (non-hydrogen) atoms. The average Bonchev–Trinajstić information content (AvgIpc) is 2.71. The Morgan fingerprint density at radius 3 is 2.34 bits per heavy atom. The summed E-state index contributed by atoms with van der Waals surface area (Å²) in [5, 5.41) is 21.1. The topological polar surface area (TPSA) is 57.5 Å². The lowest BCUT2D eigenvalue weighted by Gasteiger charge is -2.70. The molecule has 2 N–H and O–H groups in total. The van der Waals surface area contributed by atoms with Crippen LogP contribution in [0.2, 0.25) is 0 Å². The average molecular weight is 443 g/mol. The van der Waals surface area contributed by atoms with Crippen molar-refractivity contribution in [1.29, 1.82) is 0 Å². The number of aliphatic hydroxyl groups is 1. The number of hydrogen-bond acceptors (Lipinski definition) is 2. The Labute approximate surface area is 195 Å². The maximum atomic E-state index is 12.7. The second-order valence-electron chi connectivity index (χ2n) is 14.2. The minimum Gasteiger partial charge on any atom is -0.481 e. The molecule has 9 atom stereocenters. The van der Waals surface area contributed by atoms with Gasteiger partial charge in [0.25, 0.3) is 0 Å². The molecule has 4 fully saturated rings. The molecule has 0 radical (unpaired) electrons. The van der Waals surface area contributed by atoms with Gasteiger partial charge in [0.15, 0.2) is 0 Å². The van der Waals surface area contributed by atoms with Gasteiger partial charge in [-0.05, 0) is 110 Å². The molecule has 0 amide bonds. The first-order valence-electron chi connectivity index (χ1n) is 13.4. The lowest BCUT2D eigenvalue weighted by molar-refractivity contribution is -0.187. The smallest absolute Gasteiger partial charge is 0.310 e. The van der Waals surface area contributed by atoms with Gasteiger partial charge in [-0.25, -0.2) is 0 Å². The van der Waals surface area contributed by atoms with Gasteiger partial charge in [-0.15, -0.1) is 0 Å². The van der Waals surface area contributed by atoms with Gasteiger partial charge in [-0.3, -0.25) is 4.79 Å². The molecule has 4 saturated carbocycles. The van der Waals surface area contributed by atoms with Gasteiger partial charge in [0, 0.05) is 0 Å². The number of carboxylic acids is 1. The fraction of sp³-hybridized carbons (Fsp3) is 0.897. The molecular weight excluding hydrogens is 396 g/mol. The summed E-state index contributed by atoms with van der Waals surface area (Å²) in [4.78, 5) is 12.7. The highest BCUT2D eigenvalue weighted by molar-refractivity contribution is 5.76. The molecule has 5 aliphatic rings. The van der Waals surface area contributed by atoms with Crippen LogP contribution < -0.4 is 0 Å². The van der Waals surface area contributed by atoms with Crippen molar-refractivity contribution in [3.63, 3.8) is 0 Å². The number of aliphatic carboxylic acids is 1. The van der Waals surface area contributed by atoms with E-state index < -0.39 is 11.4 Å². The van der Waals surface area contributed by atoms with E-state index in [1.807, 2.05) is 0 Å². The monoisotopic (exact) mass is 442 g/mol. The summed E-state index contributed by atoms with van der Waals surface area (Å²) < 4.78 is 0. The van der Waals surface area contributed by atoms with Crippen LogP contribution in [-0.4, -0.2) is 22.3 Å². The van der Waals surface area contributed by atoms with Gasteiger partial charge in [0.1, 0.15) is 0 Å². The lowest BCUT2D eigenvalue weighted by Crippen LogP contribution is -2.63. The van der Waals surface area contributed by atoms with Crippen LogP contribution in [0.3, 0.4) is 0 Å². The van der Waals surface area contributed by atoms with E-state index in [0.717, 1.165) is 51.4 Å². The van der Waals surface area contributed by atoms with E-state index in [-0.39, 0.29) is 33.7 Å². The SMILES string of the molecule is CC1[C@@H](O)CCC2(C)C3CC=C4C5CC(C)(C)CC[C@]5(C(=O)O)CC[C@@]4(C)[C@@]3(C)CC[C@@H]12. The summed E-state index contributed by atoms with van der Waals surface area (Å²) in [5.74, 6) is 1.28. The van der Waals surface area contributed by atoms with Gasteiger partial charge >= 0.3 is 5.97 Å². The number of carboxylic acid groups (broad SMARTS) is 1. The predicted molar refractivity (Wildman–Crippen MR) is 128 cm³/mol. The van der Waals surface area contributed by atoms with Crippen LogP contribution in [0.15, 0.2) is 11.6 Å². The molecule has 3 heteroatoms. The minimum absolute atomic E-state index is 0.0975. The van der Waals surface area contributed by atoms with Crippen LogP contribution in [0, 0.1) is 50.7 Å². The zero-order chi connectivity index (χ0) is 23.3. The van der Waals surface area contributed by atoms with Gasteiger partial charge in [-0.1, -0.05) is 53.2 Å². The van der Waals surface area contributed by atoms with Crippen LogP contribution in [-0.2, 0) is 4.79 Å². The Bertz CT molecular complexity index is 843. The highest BCUT2D eigenvalue weighted by atomic mass is 16.4. The van der Waals surface area contributed by atoms with Crippen LogP contribution >= 0.6 is 0 Å². The second-order valence-corrected chi connectivity index (χ2v) is 14.2. The highest BCUT2D eigenvalue weighted by Crippen LogP contribution is 2.74. The molecule has 0 heterocycles. The Morgan fingerprint density at radius 2 is 1.66 bits per heavy atom. The minimum atomic E-state index is -0.547. The van der Waals surface area contributed by atoms with E-state index >= 15 is 0 Å². The molecule has 0 aliphatic heterocycles. The van der Waals surface area contributed by atoms with Crippen LogP contribution in [0.5, 0.6) is 0 Å². The second kappa shape index (κ2) is 6.86. The number of rotatable bonds is 1. The van der Waals surface area contributed by atoms with Crippen molar-refractivity contribution in [3.8, 4) is 0 Å². The third-order valence-electron chi connectivity index (χ3n) is 12.6. The summed E-state index contributed by atoms with van der Waals surface area (Å²) in [6.07, 6.45) is 12.8. The standard InChI is InChI=1S/C29H46O3/c1-18-19-9-12-28(6)23(26(19,4)11-10-22(18)30)8-7-20-21-17-25(2,3)13-15-29(21,24(31)32)16-14-27(20,28)5/h7,18-19,21-23,30H,8-17H2,1-6H3,(H,31,32)/t18?,19-,21?,22-,23?,26?,27+,28-,29-/m0/s1. The fourth-order valence-corrected chi connectivity index (χ4v) is 10.2. The van der Waals surface area contributed by atoms with Crippen molar-refractivity contribution < 1.29 is 15.0 Å². The van der Waals surface area contributed by atoms with Crippen molar-refractivity contribution >= 4 is 5.97 Å². The van der Waals surface area contributed by atoms with Gasteiger partial charge in [0.2, 0.25) is 0 Å². The van der Waals surface area contributed by atoms with Crippen molar-refractivity contribution in [1.82, 2.24) is 0 Å². The van der Waals surface area contributed by atoms with E-state index in [9.17, 15) is 15.0 Å². The predicted octanol–water partition coefficient (Wildman–Crippen LogP) is 6.84. The number of fused-ring (bicyclic) bond motifs is 7. The Hall–Kier alpha value is -0.830. The summed E-state index contributed by atoms with van der Waals surface area (Å²) >= 11 is 0. The van der Waals surface area contributed by atoms with Gasteiger partial charge < -0.3 is 10.2 Å². The molecule has 3 nitrogen and oxygen atoms in total. The van der Waals surface area contributed by atoms with E-state index in [0.29, 0.717) is 17.8 Å². The normalized spacial score (nSPS) is 54.3. The Kier molecular flexibility index (Phi) is 4.92. The molecule has 4 unspecified atom stereocenters. The van der Waals surface area contributed by atoms with E-state index in [2.05, 4.69) is 47.6 Å². The van der Waals surface area contributed by atoms with Crippen molar-refractivity contribution in [2.75, 3.05) is 0 Å². The zero-order valence-corrected chi connectivity index (χ0v) is 21.3. The highest BCUT2D eigenvalue weighted by Gasteiger charge is 2.68. The third kappa shape index (κ3) is 2.72. The van der Waals surface area contributed by atoms with Gasteiger partial charge in [-0.2, -0.15) is 0 Å². The first-order chi connectivity index (χ1) is 14.8. The lowest BCUT2D eigenvalue weighted by atomic mass is 9.34. The van der Waals surface area contributed by atoms with Crippen molar-refractivity contribution in [2.24, 2.45) is 50.7 Å². The molecule has 180 valence electrons. The summed E-state index contributed by atoms with van der Waals surface area (Å²) in [6.45, 7) is 14.6. The maximum absolute atomic E-state index is 12.7. The summed E-state index contributed by atoms with van der Waals surface area (Å²) in [5.41, 5.74) is 1.79. The van der Waals surface area contributed by atoms with E-state index in [1.165, 1.54) is 18.4 Å². The van der Waals surface area contributed by atoms with E-state index in [1.54, 1.807) is 0 Å². The summed E-state index contributed by atoms with van der Waals surface area (Å²) in [6, 6.07) is 0. The van der Waals surface area contributed by atoms with Crippen molar-refractivity contribution in [3.05, 3.63) is 11.6 Å². The molecule has 0 aromatic rings. The summed E-state index contributed by atoms with van der Waals surface area (Å²) in [7, 11) is 0. The molecule has 0 saturated heterocycles. The largest absolute Gasteiger partial charge is 0.481 e. The number of hydrogen-bond donors (Lipinski definition) is 2. The Balaban J connectivity index is 1.59. The first kappa shape index (κ1) is 22.9.